The van der Waals surface area contributed by atoms with Crippen LogP contribution in [0.5, 0.6) is 0 Å². The van der Waals surface area contributed by atoms with Gasteiger partial charge in [0.1, 0.15) is 0 Å². The van der Waals surface area contributed by atoms with Crippen LogP contribution in [-0.4, -0.2) is 50.3 Å². The largest absolute Gasteiger partial charge is 0.303 e. The second-order valence-corrected chi connectivity index (χ2v) is 8.74. The first-order valence-corrected chi connectivity index (χ1v) is 9.93. The minimum Gasteiger partial charge on any atom is -0.303 e. The number of hydrogen-bond acceptors (Lipinski definition) is 3. The first-order valence-electron chi connectivity index (χ1n) is 8.49. The van der Waals surface area contributed by atoms with E-state index in [1.165, 1.54) is 0 Å². The second kappa shape index (κ2) is 8.27. The van der Waals surface area contributed by atoms with Gasteiger partial charge in [0.25, 0.3) is 0 Å². The van der Waals surface area contributed by atoms with Crippen LogP contribution in [0.1, 0.15) is 47.1 Å². The maximum Gasteiger partial charge on any atom is 0.243 e. The maximum atomic E-state index is 12.8. The molecule has 0 bridgehead atoms. The van der Waals surface area contributed by atoms with E-state index in [0.29, 0.717) is 18.0 Å². The zero-order valence-electron chi connectivity index (χ0n) is 15.5. The third kappa shape index (κ3) is 5.30. The predicted molar refractivity (Wildman–Crippen MR) is 97.4 cm³/mol. The van der Waals surface area contributed by atoms with Crippen molar-refractivity contribution < 1.29 is 8.42 Å². The summed E-state index contributed by atoms with van der Waals surface area (Å²) in [7, 11) is -3.42. The number of sulfonamides is 1. The number of nitrogens with zero attached hydrogens (tertiary/aromatic N) is 2. The lowest BCUT2D eigenvalue weighted by Crippen LogP contribution is -2.38. The van der Waals surface area contributed by atoms with Gasteiger partial charge in [-0.25, -0.2) is 8.42 Å². The molecular formula is C18H32N2O2S. The predicted octanol–water partition coefficient (Wildman–Crippen LogP) is 3.34. The van der Waals surface area contributed by atoms with Crippen molar-refractivity contribution >= 4 is 10.0 Å². The molecular weight excluding hydrogens is 308 g/mol. The van der Waals surface area contributed by atoms with Crippen molar-refractivity contribution in [2.45, 2.75) is 51.9 Å². The molecule has 0 fully saturated rings. The number of rotatable bonds is 8. The summed E-state index contributed by atoms with van der Waals surface area (Å²) in [5.41, 5.74) is 1.16. The van der Waals surface area contributed by atoms with Gasteiger partial charge in [0.15, 0.2) is 0 Å². The van der Waals surface area contributed by atoms with E-state index in [0.717, 1.165) is 25.2 Å². The molecule has 1 aromatic carbocycles. The highest BCUT2D eigenvalue weighted by atomic mass is 32.2. The topological polar surface area (TPSA) is 40.6 Å². The van der Waals surface area contributed by atoms with Gasteiger partial charge in [0.05, 0.1) is 4.90 Å². The van der Waals surface area contributed by atoms with E-state index < -0.39 is 10.0 Å². The van der Waals surface area contributed by atoms with Crippen LogP contribution in [0.2, 0.25) is 0 Å². The molecule has 0 aliphatic heterocycles. The molecule has 0 unspecified atom stereocenters. The van der Waals surface area contributed by atoms with Gasteiger partial charge in [-0.3, -0.25) is 0 Å². The van der Waals surface area contributed by atoms with Crippen molar-refractivity contribution in [2.75, 3.05) is 32.7 Å². The summed E-state index contributed by atoms with van der Waals surface area (Å²) in [6.07, 6.45) is 0. The molecule has 0 aromatic heterocycles. The van der Waals surface area contributed by atoms with Crippen LogP contribution in [-0.2, 0) is 15.4 Å². The normalized spacial score (nSPS) is 13.0. The van der Waals surface area contributed by atoms with Crippen LogP contribution in [0.3, 0.4) is 0 Å². The van der Waals surface area contributed by atoms with Crippen molar-refractivity contribution in [3.05, 3.63) is 29.8 Å². The fourth-order valence-corrected chi connectivity index (χ4v) is 3.96. The molecule has 0 radical (unpaired) electrons. The van der Waals surface area contributed by atoms with Gasteiger partial charge in [-0.15, -0.1) is 0 Å². The molecule has 0 aliphatic rings. The first kappa shape index (κ1) is 20.1. The zero-order chi connectivity index (χ0) is 17.7. The molecule has 0 atom stereocenters. The number of likely N-dealkylation sites (N-methyl/N-ethyl adjacent to an activating group) is 2. The van der Waals surface area contributed by atoms with Crippen LogP contribution in [0.4, 0.5) is 0 Å². The Kier molecular flexibility index (Phi) is 7.24. The van der Waals surface area contributed by atoms with Crippen molar-refractivity contribution in [3.8, 4) is 0 Å². The molecule has 0 amide bonds. The number of benzene rings is 1. The molecule has 0 saturated carbocycles. The Morgan fingerprint density at radius 2 is 1.39 bits per heavy atom. The van der Waals surface area contributed by atoms with Gasteiger partial charge in [-0.1, -0.05) is 53.7 Å². The fraction of sp³-hybridized carbons (Fsp3) is 0.667. The van der Waals surface area contributed by atoms with E-state index in [9.17, 15) is 8.42 Å². The molecule has 5 heteroatoms. The first-order chi connectivity index (χ1) is 10.7. The van der Waals surface area contributed by atoms with Gasteiger partial charge in [0, 0.05) is 19.6 Å². The van der Waals surface area contributed by atoms with Gasteiger partial charge in [-0.05, 0) is 36.2 Å². The van der Waals surface area contributed by atoms with Gasteiger partial charge in [-0.2, -0.15) is 4.31 Å². The highest BCUT2D eigenvalue weighted by Gasteiger charge is 2.24. The fourth-order valence-electron chi connectivity index (χ4n) is 2.52. The summed E-state index contributed by atoms with van der Waals surface area (Å²) in [6, 6.07) is 7.31. The lowest BCUT2D eigenvalue weighted by molar-refractivity contribution is 0.274. The SMILES string of the molecule is CCN(CC)CCN(CC)S(=O)(=O)c1ccc(C(C)(C)C)cc1. The van der Waals surface area contributed by atoms with Gasteiger partial charge in [0.2, 0.25) is 10.0 Å². The van der Waals surface area contributed by atoms with Gasteiger partial charge >= 0.3 is 0 Å². The third-order valence-corrected chi connectivity index (χ3v) is 6.26. The Morgan fingerprint density at radius 3 is 1.78 bits per heavy atom. The van der Waals surface area contributed by atoms with E-state index >= 15 is 0 Å². The summed E-state index contributed by atoms with van der Waals surface area (Å²) in [5, 5.41) is 0. The molecule has 132 valence electrons. The summed E-state index contributed by atoms with van der Waals surface area (Å²) in [5.74, 6) is 0. The van der Waals surface area contributed by atoms with E-state index in [2.05, 4.69) is 39.5 Å². The van der Waals surface area contributed by atoms with Crippen LogP contribution >= 0.6 is 0 Å². The van der Waals surface area contributed by atoms with Crippen molar-refractivity contribution in [1.29, 1.82) is 0 Å². The second-order valence-electron chi connectivity index (χ2n) is 6.80. The van der Waals surface area contributed by atoms with Crippen molar-refractivity contribution in [2.24, 2.45) is 0 Å². The Hall–Kier alpha value is -0.910. The zero-order valence-corrected chi connectivity index (χ0v) is 16.3. The van der Waals surface area contributed by atoms with Crippen LogP contribution < -0.4 is 0 Å². The molecule has 23 heavy (non-hydrogen) atoms. The lowest BCUT2D eigenvalue weighted by Gasteiger charge is -2.25. The summed E-state index contributed by atoms with van der Waals surface area (Å²) in [4.78, 5) is 2.62. The third-order valence-electron chi connectivity index (χ3n) is 4.27. The standard InChI is InChI=1S/C18H32N2O2S/c1-7-19(8-2)14-15-20(9-3)23(21,22)17-12-10-16(11-13-17)18(4,5)6/h10-13H,7-9,14-15H2,1-6H3. The van der Waals surface area contributed by atoms with Gasteiger partial charge < -0.3 is 4.90 Å². The monoisotopic (exact) mass is 340 g/mol. The Morgan fingerprint density at radius 1 is 0.870 bits per heavy atom. The van der Waals surface area contributed by atoms with E-state index in [-0.39, 0.29) is 5.41 Å². The quantitative estimate of drug-likeness (QED) is 0.729. The Labute approximate surface area is 142 Å². The Bertz CT molecular complexity index is 570. The smallest absolute Gasteiger partial charge is 0.243 e. The molecule has 0 aliphatic carbocycles. The summed E-state index contributed by atoms with van der Waals surface area (Å²) < 4.78 is 27.2. The number of hydrogen-bond donors (Lipinski definition) is 0. The molecule has 1 aromatic rings. The highest BCUT2D eigenvalue weighted by Crippen LogP contribution is 2.24. The molecule has 0 saturated heterocycles. The molecule has 4 nitrogen and oxygen atoms in total. The minimum atomic E-state index is -3.42. The average Bonchev–Trinajstić information content (AvgIpc) is 2.51. The van der Waals surface area contributed by atoms with Crippen molar-refractivity contribution in [3.63, 3.8) is 0 Å². The lowest BCUT2D eigenvalue weighted by atomic mass is 9.87. The van der Waals surface area contributed by atoms with Crippen molar-refractivity contribution in [1.82, 2.24) is 9.21 Å². The van der Waals surface area contributed by atoms with Crippen LogP contribution in [0.25, 0.3) is 0 Å². The maximum absolute atomic E-state index is 12.8. The molecule has 0 N–H and O–H groups in total. The summed E-state index contributed by atoms with van der Waals surface area (Å²) in [6.45, 7) is 16.1. The minimum absolute atomic E-state index is 0.0233. The van der Waals surface area contributed by atoms with Crippen LogP contribution in [0.15, 0.2) is 29.2 Å². The molecule has 0 heterocycles. The van der Waals surface area contributed by atoms with E-state index in [1.54, 1.807) is 16.4 Å². The van der Waals surface area contributed by atoms with E-state index in [1.807, 2.05) is 19.1 Å². The average molecular weight is 341 g/mol. The van der Waals surface area contributed by atoms with E-state index in [4.69, 9.17) is 0 Å². The summed E-state index contributed by atoms with van der Waals surface area (Å²) >= 11 is 0. The highest BCUT2D eigenvalue weighted by molar-refractivity contribution is 7.89. The molecule has 0 spiro atoms. The van der Waals surface area contributed by atoms with Crippen LogP contribution in [0, 0.1) is 0 Å². The molecule has 1 rings (SSSR count). The Balaban J connectivity index is 2.94.